The number of hydrogen-bond donors (Lipinski definition) is 0. The SMILES string of the molecule is CCCCCCCCC(CCC(=O)Oc1ccccc1)[N+](=O)[O-]. The number of carbonyl (C=O) groups is 1. The van der Waals surface area contributed by atoms with Crippen LogP contribution in [0.4, 0.5) is 0 Å². The maximum absolute atomic E-state index is 11.7. The number of benzene rings is 1. The molecule has 128 valence electrons. The van der Waals surface area contributed by atoms with Gasteiger partial charge in [0.25, 0.3) is 0 Å². The lowest BCUT2D eigenvalue weighted by molar-refractivity contribution is -0.524. The van der Waals surface area contributed by atoms with Gasteiger partial charge in [0.1, 0.15) is 5.75 Å². The number of nitrogens with zero attached hydrogens (tertiary/aromatic N) is 1. The highest BCUT2D eigenvalue weighted by molar-refractivity contribution is 5.72. The van der Waals surface area contributed by atoms with E-state index in [2.05, 4.69) is 6.92 Å². The average molecular weight is 321 g/mol. The van der Waals surface area contributed by atoms with Gasteiger partial charge in [0, 0.05) is 17.8 Å². The molecule has 0 aliphatic rings. The number of ether oxygens (including phenoxy) is 1. The molecule has 0 heterocycles. The van der Waals surface area contributed by atoms with E-state index in [1.807, 2.05) is 6.07 Å². The second-order valence-corrected chi connectivity index (χ2v) is 5.82. The third-order valence-corrected chi connectivity index (χ3v) is 3.85. The molecule has 0 bridgehead atoms. The van der Waals surface area contributed by atoms with Crippen LogP contribution in [0.1, 0.15) is 64.7 Å². The summed E-state index contributed by atoms with van der Waals surface area (Å²) in [6.45, 7) is 2.16. The van der Waals surface area contributed by atoms with Crippen LogP contribution in [0.5, 0.6) is 5.75 Å². The Morgan fingerprint density at radius 1 is 1.09 bits per heavy atom. The second kappa shape index (κ2) is 11.6. The van der Waals surface area contributed by atoms with Gasteiger partial charge >= 0.3 is 5.97 Å². The molecule has 0 N–H and O–H groups in total. The van der Waals surface area contributed by atoms with E-state index < -0.39 is 12.0 Å². The van der Waals surface area contributed by atoms with Crippen molar-refractivity contribution < 1.29 is 14.5 Å². The number of para-hydroxylation sites is 1. The minimum absolute atomic E-state index is 0.0797. The Labute approximate surface area is 138 Å². The van der Waals surface area contributed by atoms with Gasteiger partial charge in [0.2, 0.25) is 6.04 Å². The van der Waals surface area contributed by atoms with Gasteiger partial charge in [-0.05, 0) is 18.6 Å². The molecule has 5 heteroatoms. The summed E-state index contributed by atoms with van der Waals surface area (Å²) in [6.07, 6.45) is 7.49. The van der Waals surface area contributed by atoms with Crippen LogP contribution in [0.25, 0.3) is 0 Å². The lowest BCUT2D eigenvalue weighted by Crippen LogP contribution is -2.21. The highest BCUT2D eigenvalue weighted by Gasteiger charge is 2.21. The van der Waals surface area contributed by atoms with Crippen LogP contribution in [-0.4, -0.2) is 16.9 Å². The zero-order valence-electron chi connectivity index (χ0n) is 13.9. The van der Waals surface area contributed by atoms with E-state index in [0.29, 0.717) is 12.2 Å². The summed E-state index contributed by atoms with van der Waals surface area (Å²) in [5, 5.41) is 11.1. The van der Waals surface area contributed by atoms with E-state index in [1.165, 1.54) is 19.3 Å². The zero-order chi connectivity index (χ0) is 16.9. The number of rotatable bonds is 12. The molecule has 0 saturated carbocycles. The number of esters is 1. The van der Waals surface area contributed by atoms with Gasteiger partial charge in [-0.1, -0.05) is 57.2 Å². The Hall–Kier alpha value is -1.91. The topological polar surface area (TPSA) is 69.4 Å². The fourth-order valence-electron chi connectivity index (χ4n) is 2.47. The van der Waals surface area contributed by atoms with Crippen molar-refractivity contribution in [2.45, 2.75) is 70.8 Å². The lowest BCUT2D eigenvalue weighted by atomic mass is 10.0. The maximum Gasteiger partial charge on any atom is 0.311 e. The van der Waals surface area contributed by atoms with Gasteiger partial charge in [-0.15, -0.1) is 0 Å². The molecule has 5 nitrogen and oxygen atoms in total. The third kappa shape index (κ3) is 8.96. The summed E-state index contributed by atoms with van der Waals surface area (Å²) in [7, 11) is 0. The first-order valence-electron chi connectivity index (χ1n) is 8.52. The van der Waals surface area contributed by atoms with Gasteiger partial charge in [-0.2, -0.15) is 0 Å². The first kappa shape index (κ1) is 19.1. The highest BCUT2D eigenvalue weighted by Crippen LogP contribution is 2.15. The van der Waals surface area contributed by atoms with E-state index in [1.54, 1.807) is 24.3 Å². The highest BCUT2D eigenvalue weighted by atomic mass is 16.6. The molecule has 0 aliphatic carbocycles. The Bertz CT molecular complexity index is 461. The molecule has 0 saturated heterocycles. The van der Waals surface area contributed by atoms with E-state index in [9.17, 15) is 14.9 Å². The van der Waals surface area contributed by atoms with Crippen LogP contribution in [0.3, 0.4) is 0 Å². The fourth-order valence-corrected chi connectivity index (χ4v) is 2.47. The molecule has 0 amide bonds. The van der Waals surface area contributed by atoms with Crippen molar-refractivity contribution in [3.05, 3.63) is 40.4 Å². The molecule has 0 aliphatic heterocycles. The van der Waals surface area contributed by atoms with Crippen molar-refractivity contribution in [1.29, 1.82) is 0 Å². The monoisotopic (exact) mass is 321 g/mol. The molecule has 0 fully saturated rings. The first-order valence-corrected chi connectivity index (χ1v) is 8.52. The van der Waals surface area contributed by atoms with Crippen LogP contribution in [0.2, 0.25) is 0 Å². The van der Waals surface area contributed by atoms with Crippen LogP contribution in [0, 0.1) is 10.1 Å². The largest absolute Gasteiger partial charge is 0.427 e. The van der Waals surface area contributed by atoms with Gasteiger partial charge in [-0.25, -0.2) is 0 Å². The summed E-state index contributed by atoms with van der Waals surface area (Å²) in [4.78, 5) is 22.6. The summed E-state index contributed by atoms with van der Waals surface area (Å²) >= 11 is 0. The molecule has 1 atom stereocenters. The number of unbranched alkanes of at least 4 members (excludes halogenated alkanes) is 5. The molecule has 0 aromatic heterocycles. The normalized spacial score (nSPS) is 11.9. The molecule has 1 unspecified atom stereocenters. The van der Waals surface area contributed by atoms with Gasteiger partial charge in [-0.3, -0.25) is 14.9 Å². The molecule has 1 aromatic carbocycles. The minimum atomic E-state index is -0.649. The van der Waals surface area contributed by atoms with Crippen molar-refractivity contribution in [2.75, 3.05) is 0 Å². The van der Waals surface area contributed by atoms with Crippen molar-refractivity contribution in [2.24, 2.45) is 0 Å². The number of nitro groups is 1. The van der Waals surface area contributed by atoms with Gasteiger partial charge < -0.3 is 4.74 Å². The van der Waals surface area contributed by atoms with Crippen LogP contribution >= 0.6 is 0 Å². The average Bonchev–Trinajstić information content (AvgIpc) is 2.54. The van der Waals surface area contributed by atoms with E-state index in [-0.39, 0.29) is 17.8 Å². The van der Waals surface area contributed by atoms with Crippen molar-refractivity contribution >= 4 is 5.97 Å². The molecule has 1 aromatic rings. The van der Waals surface area contributed by atoms with Crippen molar-refractivity contribution in [3.8, 4) is 5.75 Å². The zero-order valence-corrected chi connectivity index (χ0v) is 13.9. The fraction of sp³-hybridized carbons (Fsp3) is 0.611. The van der Waals surface area contributed by atoms with Gasteiger partial charge in [0.15, 0.2) is 0 Å². The number of hydrogen-bond acceptors (Lipinski definition) is 4. The Morgan fingerprint density at radius 2 is 1.74 bits per heavy atom. The smallest absolute Gasteiger partial charge is 0.311 e. The van der Waals surface area contributed by atoms with Crippen LogP contribution in [-0.2, 0) is 4.79 Å². The third-order valence-electron chi connectivity index (χ3n) is 3.85. The summed E-state index contributed by atoms with van der Waals surface area (Å²) in [5.41, 5.74) is 0. The van der Waals surface area contributed by atoms with Gasteiger partial charge in [0.05, 0.1) is 6.42 Å². The second-order valence-electron chi connectivity index (χ2n) is 5.82. The Kier molecular flexibility index (Phi) is 9.68. The molecule has 1 rings (SSSR count). The maximum atomic E-state index is 11.7. The Morgan fingerprint density at radius 3 is 2.39 bits per heavy atom. The first-order chi connectivity index (χ1) is 11.1. The molecule has 23 heavy (non-hydrogen) atoms. The summed E-state index contributed by atoms with van der Waals surface area (Å²) < 4.78 is 5.15. The summed E-state index contributed by atoms with van der Waals surface area (Å²) in [6, 6.07) is 8.13. The van der Waals surface area contributed by atoms with Crippen molar-refractivity contribution in [3.63, 3.8) is 0 Å². The Balaban J connectivity index is 2.24. The summed E-state index contributed by atoms with van der Waals surface area (Å²) in [5.74, 6) is 0.0667. The van der Waals surface area contributed by atoms with E-state index >= 15 is 0 Å². The number of carbonyl (C=O) groups excluding carboxylic acids is 1. The standard InChI is InChI=1S/C18H27NO4/c1-2-3-4-5-6-8-11-16(19(21)22)14-15-18(20)23-17-12-9-7-10-13-17/h7,9-10,12-13,16H,2-6,8,11,14-15H2,1H3. The lowest BCUT2D eigenvalue weighted by Gasteiger charge is -2.09. The molecular formula is C18H27NO4. The van der Waals surface area contributed by atoms with E-state index in [0.717, 1.165) is 19.3 Å². The molecule has 0 spiro atoms. The quantitative estimate of drug-likeness (QED) is 0.183. The van der Waals surface area contributed by atoms with Crippen molar-refractivity contribution in [1.82, 2.24) is 0 Å². The minimum Gasteiger partial charge on any atom is -0.427 e. The van der Waals surface area contributed by atoms with E-state index in [4.69, 9.17) is 4.74 Å². The predicted octanol–water partition coefficient (Wildman–Crippen LogP) is 4.77. The molecular weight excluding hydrogens is 294 g/mol. The van der Waals surface area contributed by atoms with Crippen LogP contribution in [0.15, 0.2) is 30.3 Å². The van der Waals surface area contributed by atoms with Crippen LogP contribution < -0.4 is 4.74 Å². The molecule has 0 radical (unpaired) electrons. The predicted molar refractivity (Wildman–Crippen MR) is 90.1 cm³/mol.